The molecule has 0 aromatic heterocycles. The summed E-state index contributed by atoms with van der Waals surface area (Å²) in [5.41, 5.74) is 1.44. The van der Waals surface area contributed by atoms with E-state index in [1.807, 2.05) is 0 Å². The zero-order valence-electron chi connectivity index (χ0n) is 10.5. The minimum atomic E-state index is -0.00486. The predicted molar refractivity (Wildman–Crippen MR) is 65.9 cm³/mol. The van der Waals surface area contributed by atoms with E-state index in [0.29, 0.717) is 5.92 Å². The molecule has 0 radical (unpaired) electrons. The Hall–Kier alpha value is -0.720. The minimum absolute atomic E-state index is 0.00486. The van der Waals surface area contributed by atoms with Crippen molar-refractivity contribution in [3.05, 3.63) is 24.0 Å². The quantitative estimate of drug-likeness (QED) is 0.595. The van der Waals surface area contributed by atoms with Crippen molar-refractivity contribution in [1.29, 1.82) is 0 Å². The molecule has 1 saturated carbocycles. The Morgan fingerprint density at radius 2 is 2.12 bits per heavy atom. The molecule has 1 saturated heterocycles. The Morgan fingerprint density at radius 3 is 2.94 bits per heavy atom. The SMILES string of the molecule is C=C1OC(C)(C)C2CCCC3CCC=C1C32. The summed E-state index contributed by atoms with van der Waals surface area (Å²) in [6, 6.07) is 0. The summed E-state index contributed by atoms with van der Waals surface area (Å²) in [4.78, 5) is 0. The third-order valence-electron chi connectivity index (χ3n) is 4.89. The van der Waals surface area contributed by atoms with Gasteiger partial charge < -0.3 is 4.74 Å². The second kappa shape index (κ2) is 3.38. The molecule has 0 aromatic carbocycles. The molecule has 3 rings (SSSR count). The summed E-state index contributed by atoms with van der Waals surface area (Å²) in [5, 5.41) is 0. The monoisotopic (exact) mass is 218 g/mol. The summed E-state index contributed by atoms with van der Waals surface area (Å²) >= 11 is 0. The molecule has 2 fully saturated rings. The van der Waals surface area contributed by atoms with Crippen LogP contribution in [-0.2, 0) is 4.74 Å². The van der Waals surface area contributed by atoms with Crippen LogP contribution in [0.4, 0.5) is 0 Å². The first kappa shape index (κ1) is 10.4. The second-order valence-corrected chi connectivity index (χ2v) is 6.19. The molecule has 0 spiro atoms. The van der Waals surface area contributed by atoms with Gasteiger partial charge in [-0.3, -0.25) is 0 Å². The molecule has 1 nitrogen and oxygen atoms in total. The number of hydrogen-bond acceptors (Lipinski definition) is 1. The van der Waals surface area contributed by atoms with Crippen LogP contribution in [0.5, 0.6) is 0 Å². The zero-order chi connectivity index (χ0) is 11.3. The van der Waals surface area contributed by atoms with Crippen molar-refractivity contribution < 1.29 is 4.74 Å². The summed E-state index contributed by atoms with van der Waals surface area (Å²) in [7, 11) is 0. The number of hydrogen-bond donors (Lipinski definition) is 0. The van der Waals surface area contributed by atoms with Crippen LogP contribution in [0.15, 0.2) is 24.0 Å². The fraction of sp³-hybridized carbons (Fsp3) is 0.733. The molecule has 0 aromatic rings. The van der Waals surface area contributed by atoms with E-state index >= 15 is 0 Å². The smallest absolute Gasteiger partial charge is 0.116 e. The molecule has 3 aliphatic rings. The van der Waals surface area contributed by atoms with Crippen LogP contribution in [0.3, 0.4) is 0 Å². The van der Waals surface area contributed by atoms with E-state index in [9.17, 15) is 0 Å². The normalized spacial score (nSPS) is 40.8. The highest BCUT2D eigenvalue weighted by Gasteiger charge is 2.49. The average Bonchev–Trinajstić information content (AvgIpc) is 2.25. The molecule has 0 amide bonds. The third kappa shape index (κ3) is 1.37. The summed E-state index contributed by atoms with van der Waals surface area (Å²) < 4.78 is 6.07. The molecule has 88 valence electrons. The van der Waals surface area contributed by atoms with E-state index in [-0.39, 0.29) is 5.60 Å². The first-order chi connectivity index (χ1) is 7.59. The molecule has 0 bridgehead atoms. The zero-order valence-corrected chi connectivity index (χ0v) is 10.5. The maximum Gasteiger partial charge on any atom is 0.116 e. The molecule has 16 heavy (non-hydrogen) atoms. The largest absolute Gasteiger partial charge is 0.488 e. The van der Waals surface area contributed by atoms with Gasteiger partial charge in [0, 0.05) is 5.92 Å². The van der Waals surface area contributed by atoms with Crippen LogP contribution >= 0.6 is 0 Å². The summed E-state index contributed by atoms with van der Waals surface area (Å²) in [6.07, 6.45) is 9.14. The molecular formula is C15H22O. The van der Waals surface area contributed by atoms with Crippen molar-refractivity contribution in [2.24, 2.45) is 17.8 Å². The van der Waals surface area contributed by atoms with Gasteiger partial charge in [-0.25, -0.2) is 0 Å². The van der Waals surface area contributed by atoms with Crippen molar-refractivity contribution in [1.82, 2.24) is 0 Å². The Balaban J connectivity index is 2.03. The highest BCUT2D eigenvalue weighted by Crippen LogP contribution is 2.54. The van der Waals surface area contributed by atoms with Crippen LogP contribution in [0.25, 0.3) is 0 Å². The lowest BCUT2D eigenvalue weighted by Crippen LogP contribution is -2.49. The number of ether oxygens (including phenoxy) is 1. The van der Waals surface area contributed by atoms with Gasteiger partial charge in [0.1, 0.15) is 11.4 Å². The molecular weight excluding hydrogens is 196 g/mol. The van der Waals surface area contributed by atoms with Gasteiger partial charge >= 0.3 is 0 Å². The van der Waals surface area contributed by atoms with Gasteiger partial charge in [-0.1, -0.05) is 19.1 Å². The van der Waals surface area contributed by atoms with Crippen molar-refractivity contribution in [3.63, 3.8) is 0 Å². The van der Waals surface area contributed by atoms with Crippen LogP contribution in [0.1, 0.15) is 46.0 Å². The minimum Gasteiger partial charge on any atom is -0.488 e. The van der Waals surface area contributed by atoms with Gasteiger partial charge in [0.25, 0.3) is 0 Å². The first-order valence-electron chi connectivity index (χ1n) is 6.68. The Labute approximate surface area is 98.6 Å². The maximum atomic E-state index is 6.07. The second-order valence-electron chi connectivity index (χ2n) is 6.19. The number of rotatable bonds is 0. The van der Waals surface area contributed by atoms with E-state index in [4.69, 9.17) is 4.74 Å². The molecule has 3 atom stereocenters. The van der Waals surface area contributed by atoms with Crippen LogP contribution < -0.4 is 0 Å². The van der Waals surface area contributed by atoms with Crippen LogP contribution in [0, 0.1) is 17.8 Å². The number of allylic oxidation sites excluding steroid dienone is 2. The molecule has 1 heteroatoms. The van der Waals surface area contributed by atoms with E-state index in [1.165, 1.54) is 37.7 Å². The Kier molecular flexibility index (Phi) is 2.21. The van der Waals surface area contributed by atoms with Crippen LogP contribution in [-0.4, -0.2) is 5.60 Å². The summed E-state index contributed by atoms with van der Waals surface area (Å²) in [5.74, 6) is 3.32. The molecule has 2 aliphatic carbocycles. The summed E-state index contributed by atoms with van der Waals surface area (Å²) in [6.45, 7) is 8.62. The highest BCUT2D eigenvalue weighted by molar-refractivity contribution is 5.33. The lowest BCUT2D eigenvalue weighted by atomic mass is 9.59. The molecule has 1 aliphatic heterocycles. The third-order valence-corrected chi connectivity index (χ3v) is 4.89. The molecule has 3 unspecified atom stereocenters. The Morgan fingerprint density at radius 1 is 1.31 bits per heavy atom. The van der Waals surface area contributed by atoms with E-state index in [1.54, 1.807) is 0 Å². The van der Waals surface area contributed by atoms with E-state index < -0.39 is 0 Å². The van der Waals surface area contributed by atoms with E-state index in [0.717, 1.165) is 17.6 Å². The van der Waals surface area contributed by atoms with Gasteiger partial charge in [0.15, 0.2) is 0 Å². The fourth-order valence-electron chi connectivity index (χ4n) is 4.20. The van der Waals surface area contributed by atoms with Crippen molar-refractivity contribution in [3.8, 4) is 0 Å². The van der Waals surface area contributed by atoms with Gasteiger partial charge in [-0.2, -0.15) is 0 Å². The molecule has 1 heterocycles. The topological polar surface area (TPSA) is 9.23 Å². The Bertz CT molecular complexity index is 350. The lowest BCUT2D eigenvalue weighted by Gasteiger charge is -2.53. The van der Waals surface area contributed by atoms with Crippen molar-refractivity contribution in [2.45, 2.75) is 51.6 Å². The molecule has 0 N–H and O–H groups in total. The van der Waals surface area contributed by atoms with E-state index in [2.05, 4.69) is 26.5 Å². The fourth-order valence-corrected chi connectivity index (χ4v) is 4.20. The standard InChI is InChI=1S/C15H22O/c1-10-12-8-4-6-11-7-5-9-13(14(11)12)15(2,3)16-10/h8,11,13-14H,1,4-7,9H2,2-3H3. The average molecular weight is 218 g/mol. The van der Waals surface area contributed by atoms with Crippen molar-refractivity contribution >= 4 is 0 Å². The maximum absolute atomic E-state index is 6.07. The van der Waals surface area contributed by atoms with Crippen molar-refractivity contribution in [2.75, 3.05) is 0 Å². The highest BCUT2D eigenvalue weighted by atomic mass is 16.5. The predicted octanol–water partition coefficient (Wildman–Crippen LogP) is 4.06. The lowest BCUT2D eigenvalue weighted by molar-refractivity contribution is -0.0849. The van der Waals surface area contributed by atoms with Gasteiger partial charge in [0.2, 0.25) is 0 Å². The van der Waals surface area contributed by atoms with Gasteiger partial charge in [-0.05, 0) is 56.9 Å². The van der Waals surface area contributed by atoms with Crippen LogP contribution in [0.2, 0.25) is 0 Å². The van der Waals surface area contributed by atoms with Gasteiger partial charge in [-0.15, -0.1) is 0 Å². The first-order valence-corrected chi connectivity index (χ1v) is 6.68. The van der Waals surface area contributed by atoms with Gasteiger partial charge in [0.05, 0.1) is 0 Å².